The first-order valence-corrected chi connectivity index (χ1v) is 19.8. The number of rotatable bonds is 9. The van der Waals surface area contributed by atoms with E-state index in [2.05, 4.69) is 45.5 Å². The molecule has 0 saturated heterocycles. The van der Waals surface area contributed by atoms with Gasteiger partial charge in [0.1, 0.15) is 12.1 Å². The van der Waals surface area contributed by atoms with Crippen LogP contribution in [0.2, 0.25) is 0 Å². The second-order valence-electron chi connectivity index (χ2n) is 15.2. The highest BCUT2D eigenvalue weighted by Gasteiger charge is 2.27. The number of aryl methyl sites for hydroxylation is 3. The van der Waals surface area contributed by atoms with Crippen LogP contribution >= 0.6 is 0 Å². The summed E-state index contributed by atoms with van der Waals surface area (Å²) in [7, 11) is 0. The Bertz CT molecular complexity index is 2140. The predicted molar refractivity (Wildman–Crippen MR) is 219 cm³/mol. The summed E-state index contributed by atoms with van der Waals surface area (Å²) in [6, 6.07) is 17.3. The number of nitrogens with zero attached hydrogens (tertiary/aromatic N) is 2. The molecule has 13 nitrogen and oxygen atoms in total. The highest BCUT2D eigenvalue weighted by molar-refractivity contribution is 6.04. The van der Waals surface area contributed by atoms with E-state index in [9.17, 15) is 24.0 Å². The van der Waals surface area contributed by atoms with Crippen molar-refractivity contribution in [3.8, 4) is 22.5 Å². The molecule has 1 aliphatic heterocycles. The lowest BCUT2D eigenvalue weighted by atomic mass is 9.91. The minimum atomic E-state index is -1.04. The summed E-state index contributed by atoms with van der Waals surface area (Å²) in [5.41, 5.74) is 18.9. The fraction of sp³-hybridized carbons (Fsp3) is 0.386. The van der Waals surface area contributed by atoms with Gasteiger partial charge >= 0.3 is 0 Å². The van der Waals surface area contributed by atoms with Gasteiger partial charge in [0.2, 0.25) is 23.6 Å². The summed E-state index contributed by atoms with van der Waals surface area (Å²) in [4.78, 5) is 75.1. The zero-order valence-corrected chi connectivity index (χ0v) is 32.9. The van der Waals surface area contributed by atoms with Crippen LogP contribution in [-0.2, 0) is 32.0 Å². The number of nitrogens with one attached hydrogen (secondary N) is 4. The summed E-state index contributed by atoms with van der Waals surface area (Å²) in [5.74, 6) is -1.53. The van der Waals surface area contributed by atoms with Gasteiger partial charge in [-0.3, -0.25) is 24.0 Å². The van der Waals surface area contributed by atoms with Crippen LogP contribution in [0.3, 0.4) is 0 Å². The van der Waals surface area contributed by atoms with E-state index in [1.807, 2.05) is 31.2 Å². The van der Waals surface area contributed by atoms with Crippen molar-refractivity contribution in [1.82, 2.24) is 25.9 Å². The highest BCUT2D eigenvalue weighted by Crippen LogP contribution is 2.35. The lowest BCUT2D eigenvalue weighted by molar-refractivity contribution is -0.128. The summed E-state index contributed by atoms with van der Waals surface area (Å²) in [6.07, 6.45) is 7.78. The smallest absolute Gasteiger partial charge is 0.255 e. The quantitative estimate of drug-likeness (QED) is 0.134. The fourth-order valence-electron chi connectivity index (χ4n) is 7.92. The van der Waals surface area contributed by atoms with Gasteiger partial charge in [0.05, 0.1) is 35.6 Å². The van der Waals surface area contributed by atoms with E-state index in [0.29, 0.717) is 56.6 Å². The number of aromatic nitrogens is 2. The van der Waals surface area contributed by atoms with Crippen molar-refractivity contribution in [2.75, 3.05) is 18.4 Å². The first kappa shape index (κ1) is 40.7. The van der Waals surface area contributed by atoms with Crippen LogP contribution in [0.4, 0.5) is 5.69 Å². The van der Waals surface area contributed by atoms with Crippen molar-refractivity contribution < 1.29 is 24.0 Å². The summed E-state index contributed by atoms with van der Waals surface area (Å²) in [6.45, 7) is 5.16. The molecule has 0 radical (unpaired) electrons. The van der Waals surface area contributed by atoms with Crippen LogP contribution in [0.1, 0.15) is 94.9 Å². The zero-order chi connectivity index (χ0) is 40.6. The lowest BCUT2D eigenvalue weighted by Crippen LogP contribution is -2.49. The molecule has 2 aliphatic rings. The van der Waals surface area contributed by atoms with E-state index in [1.165, 1.54) is 44.1 Å². The van der Waals surface area contributed by atoms with Gasteiger partial charge in [-0.25, -0.2) is 9.97 Å². The maximum Gasteiger partial charge on any atom is 0.255 e. The molecule has 1 aromatic heterocycles. The van der Waals surface area contributed by atoms with E-state index < -0.39 is 35.7 Å². The van der Waals surface area contributed by atoms with Crippen molar-refractivity contribution in [1.29, 1.82) is 0 Å². The van der Waals surface area contributed by atoms with Gasteiger partial charge < -0.3 is 32.7 Å². The third-order valence-electron chi connectivity index (χ3n) is 10.9. The van der Waals surface area contributed by atoms with Crippen molar-refractivity contribution in [3.05, 3.63) is 99.9 Å². The number of hydrogen-bond donors (Lipinski definition) is 6. The van der Waals surface area contributed by atoms with Gasteiger partial charge in [-0.15, -0.1) is 0 Å². The molecule has 4 aromatic rings. The van der Waals surface area contributed by atoms with Crippen LogP contribution in [0.15, 0.2) is 60.7 Å². The molecule has 6 rings (SSSR count). The van der Waals surface area contributed by atoms with Crippen LogP contribution < -0.4 is 32.7 Å². The molecule has 298 valence electrons. The van der Waals surface area contributed by atoms with Crippen molar-refractivity contribution in [2.45, 2.75) is 96.6 Å². The first-order chi connectivity index (χ1) is 27.4. The zero-order valence-electron chi connectivity index (χ0n) is 32.9. The van der Waals surface area contributed by atoms with E-state index in [0.717, 1.165) is 5.56 Å². The molecule has 1 unspecified atom stereocenters. The topological polar surface area (TPSA) is 211 Å². The second-order valence-corrected chi connectivity index (χ2v) is 15.2. The SMILES string of the molecule is Cc1cc2cc(c1NC(=O)[C@H](CCN)NC(=O)c1c(C)nc(-c3ccc(C4CCCCCC4)cc3)nc1C)-c1cccc(c1)CC(=O)NCC(=O)NC(C(N)=O)C2. The third kappa shape index (κ3) is 10.1. The molecule has 3 aromatic carbocycles. The molecule has 57 heavy (non-hydrogen) atoms. The number of anilines is 1. The minimum absolute atomic E-state index is 0.00155. The second kappa shape index (κ2) is 18.3. The number of benzene rings is 3. The summed E-state index contributed by atoms with van der Waals surface area (Å²) in [5, 5.41) is 11.1. The maximum absolute atomic E-state index is 14.1. The molecule has 0 spiro atoms. The normalized spacial score (nSPS) is 16.9. The number of fused-ring (bicyclic) bond motifs is 5. The lowest BCUT2D eigenvalue weighted by Gasteiger charge is -2.23. The van der Waals surface area contributed by atoms with Crippen molar-refractivity contribution in [3.63, 3.8) is 0 Å². The molecule has 2 atom stereocenters. The molecule has 8 N–H and O–H groups in total. The Kier molecular flexibility index (Phi) is 13.1. The first-order valence-electron chi connectivity index (χ1n) is 19.8. The Morgan fingerprint density at radius 3 is 2.23 bits per heavy atom. The average molecular weight is 773 g/mol. The molecular weight excluding hydrogens is 721 g/mol. The molecule has 1 aliphatic carbocycles. The number of hydrogen-bond acceptors (Lipinski definition) is 8. The minimum Gasteiger partial charge on any atom is -0.368 e. The van der Waals surface area contributed by atoms with Crippen molar-refractivity contribution >= 4 is 35.2 Å². The molecule has 1 saturated carbocycles. The molecule has 4 bridgehead atoms. The molecule has 2 heterocycles. The number of nitrogens with two attached hydrogens (primary N) is 2. The molecule has 1 fully saturated rings. The van der Waals surface area contributed by atoms with E-state index in [4.69, 9.17) is 21.4 Å². The van der Waals surface area contributed by atoms with Gasteiger partial charge in [0, 0.05) is 17.5 Å². The summed E-state index contributed by atoms with van der Waals surface area (Å²) >= 11 is 0. The Hall–Kier alpha value is -5.95. The number of amides is 5. The largest absolute Gasteiger partial charge is 0.368 e. The standard InChI is InChI=1S/C44H52N8O5/c1-25-19-29-21-34(33-12-8-9-28(20-33)23-37(53)47-24-38(54)50-36(22-29)41(46)55)40(25)52-43(56)35(17-18-45)51-44(57)39-26(2)48-42(49-27(39)3)32-15-13-31(14-16-32)30-10-6-4-5-7-11-30/h8-9,12-16,19-21,30,35-36H,4-7,10-11,17-18,22-24,45H2,1-3H3,(H2,46,55)(H,47,53)(H,50,54)(H,51,57)(H,52,56)/t35-,36?/m0/s1. The summed E-state index contributed by atoms with van der Waals surface area (Å²) < 4.78 is 0. The van der Waals surface area contributed by atoms with E-state index >= 15 is 0 Å². The van der Waals surface area contributed by atoms with E-state index in [1.54, 1.807) is 26.0 Å². The maximum atomic E-state index is 14.1. The van der Waals surface area contributed by atoms with Crippen LogP contribution in [0.5, 0.6) is 0 Å². The fourth-order valence-corrected chi connectivity index (χ4v) is 7.92. The Morgan fingerprint density at radius 1 is 0.860 bits per heavy atom. The number of carbonyl (C=O) groups excluding carboxylic acids is 5. The van der Waals surface area contributed by atoms with Gasteiger partial charge in [-0.2, -0.15) is 0 Å². The van der Waals surface area contributed by atoms with Crippen molar-refractivity contribution in [2.24, 2.45) is 11.5 Å². The molecule has 5 amide bonds. The van der Waals surface area contributed by atoms with Crippen LogP contribution in [-0.4, -0.2) is 64.7 Å². The van der Waals surface area contributed by atoms with Gasteiger partial charge in [0.15, 0.2) is 5.82 Å². The van der Waals surface area contributed by atoms with Crippen LogP contribution in [0.25, 0.3) is 22.5 Å². The van der Waals surface area contributed by atoms with Crippen LogP contribution in [0, 0.1) is 20.8 Å². The highest BCUT2D eigenvalue weighted by atomic mass is 16.2. The Morgan fingerprint density at radius 2 is 1.56 bits per heavy atom. The van der Waals surface area contributed by atoms with E-state index in [-0.39, 0.29) is 43.8 Å². The monoisotopic (exact) mass is 772 g/mol. The Labute approximate surface area is 333 Å². The van der Waals surface area contributed by atoms with Gasteiger partial charge in [-0.05, 0) is 86.4 Å². The third-order valence-corrected chi connectivity index (χ3v) is 10.9. The molecule has 13 heteroatoms. The van der Waals surface area contributed by atoms with Gasteiger partial charge in [0.25, 0.3) is 5.91 Å². The number of carbonyl (C=O) groups is 5. The predicted octanol–water partition coefficient (Wildman–Crippen LogP) is 4.44. The average Bonchev–Trinajstić information content (AvgIpc) is 3.47. The molecular formula is C44H52N8O5. The van der Waals surface area contributed by atoms with Gasteiger partial charge in [-0.1, -0.05) is 80.3 Å². The Balaban J connectivity index is 1.25. The number of primary amides is 1.